The first-order chi connectivity index (χ1) is 21.2. The van der Waals surface area contributed by atoms with Gasteiger partial charge in [0.1, 0.15) is 23.7 Å². The molecule has 11 heteroatoms. The van der Waals surface area contributed by atoms with Gasteiger partial charge in [0.05, 0.1) is 5.56 Å². The maximum absolute atomic E-state index is 13.6. The lowest BCUT2D eigenvalue weighted by atomic mass is 10.0. The smallest absolute Gasteiger partial charge is 0.343 e. The van der Waals surface area contributed by atoms with Crippen molar-refractivity contribution in [3.63, 3.8) is 0 Å². The van der Waals surface area contributed by atoms with Crippen molar-refractivity contribution in [2.24, 2.45) is 5.73 Å². The van der Waals surface area contributed by atoms with E-state index in [0.717, 1.165) is 5.56 Å². The predicted molar refractivity (Wildman–Crippen MR) is 160 cm³/mol. The summed E-state index contributed by atoms with van der Waals surface area (Å²) in [6.45, 7) is 0.667. The number of primary amides is 1. The van der Waals surface area contributed by atoms with E-state index in [1.54, 1.807) is 36.4 Å². The number of nitrogens with one attached hydrogen (secondary N) is 2. The molecular weight excluding hydrogens is 567 g/mol. The van der Waals surface area contributed by atoms with Crippen LogP contribution < -0.4 is 21.1 Å². The van der Waals surface area contributed by atoms with Crippen LogP contribution in [0.4, 0.5) is 4.39 Å². The van der Waals surface area contributed by atoms with E-state index in [1.807, 2.05) is 18.2 Å². The van der Waals surface area contributed by atoms with E-state index in [1.165, 1.54) is 29.2 Å². The normalized spacial score (nSPS) is 14.8. The number of amides is 4. The average Bonchev–Trinajstić information content (AvgIpc) is 3.52. The minimum Gasteiger partial charge on any atom is -0.423 e. The fraction of sp³-hybridized carbons (Fsp3) is 0.303. The highest BCUT2D eigenvalue weighted by Crippen LogP contribution is 2.20. The molecule has 0 unspecified atom stereocenters. The fourth-order valence-electron chi connectivity index (χ4n) is 4.97. The van der Waals surface area contributed by atoms with Crippen LogP contribution in [0.5, 0.6) is 5.75 Å². The minimum absolute atomic E-state index is 0.0862. The van der Waals surface area contributed by atoms with Crippen LogP contribution in [-0.4, -0.2) is 59.7 Å². The van der Waals surface area contributed by atoms with Crippen LogP contribution in [0.15, 0.2) is 78.9 Å². The Morgan fingerprint density at radius 2 is 1.59 bits per heavy atom. The fourth-order valence-corrected chi connectivity index (χ4v) is 4.97. The molecule has 0 aliphatic carbocycles. The maximum atomic E-state index is 13.6. The minimum atomic E-state index is -1.01. The summed E-state index contributed by atoms with van der Waals surface area (Å²) < 4.78 is 18.8. The van der Waals surface area contributed by atoms with Gasteiger partial charge in [-0.25, -0.2) is 9.18 Å². The number of carbonyl (C=O) groups is 5. The Morgan fingerprint density at radius 1 is 0.909 bits per heavy atom. The van der Waals surface area contributed by atoms with Gasteiger partial charge in [-0.3, -0.25) is 19.2 Å². The number of carbonyl (C=O) groups excluding carboxylic acids is 5. The van der Waals surface area contributed by atoms with Crippen molar-refractivity contribution >= 4 is 29.6 Å². The molecule has 0 saturated carbocycles. The third kappa shape index (κ3) is 9.22. The van der Waals surface area contributed by atoms with Gasteiger partial charge in [0.15, 0.2) is 0 Å². The number of benzene rings is 3. The third-order valence-electron chi connectivity index (χ3n) is 7.28. The van der Waals surface area contributed by atoms with E-state index in [-0.39, 0.29) is 25.2 Å². The second-order valence-corrected chi connectivity index (χ2v) is 10.5. The number of hydrogen-bond donors (Lipinski definition) is 3. The Balaban J connectivity index is 1.32. The van der Waals surface area contributed by atoms with Crippen LogP contribution >= 0.6 is 0 Å². The standard InChI is InChI=1S/C33H35FN4O6/c34-25-12-8-23(9-13-25)21-27(37-30(40)17-16-29(35)39)32(42)38-20-4-7-28(38)31(41)36-19-18-22-10-14-26(15-11-22)44-33(43)24-5-2-1-3-6-24/h1-3,5-6,8-15,27-28H,4,7,16-21H2,(H2,35,39)(H,36,41)(H,37,40)/t27-,28-/m0/s1. The Morgan fingerprint density at radius 3 is 2.27 bits per heavy atom. The van der Waals surface area contributed by atoms with E-state index >= 15 is 0 Å². The van der Waals surface area contributed by atoms with Crippen molar-refractivity contribution in [2.75, 3.05) is 13.1 Å². The molecule has 4 rings (SSSR count). The van der Waals surface area contributed by atoms with Gasteiger partial charge in [-0.15, -0.1) is 0 Å². The molecule has 1 heterocycles. The van der Waals surface area contributed by atoms with Gasteiger partial charge in [0.25, 0.3) is 0 Å². The number of nitrogens with two attached hydrogens (primary N) is 1. The van der Waals surface area contributed by atoms with E-state index in [2.05, 4.69) is 10.6 Å². The summed E-state index contributed by atoms with van der Waals surface area (Å²) in [6, 6.07) is 19.5. The largest absolute Gasteiger partial charge is 0.423 e. The van der Waals surface area contributed by atoms with Gasteiger partial charge in [-0.05, 0) is 66.8 Å². The lowest BCUT2D eigenvalue weighted by molar-refractivity contribution is -0.141. The Hall–Kier alpha value is -5.06. The number of ether oxygens (including phenoxy) is 1. The highest BCUT2D eigenvalue weighted by atomic mass is 19.1. The van der Waals surface area contributed by atoms with E-state index in [0.29, 0.717) is 49.2 Å². The summed E-state index contributed by atoms with van der Waals surface area (Å²) in [5.41, 5.74) is 7.14. The van der Waals surface area contributed by atoms with Gasteiger partial charge in [0.2, 0.25) is 23.6 Å². The molecule has 3 aromatic rings. The second kappa shape index (κ2) is 15.4. The summed E-state index contributed by atoms with van der Waals surface area (Å²) in [4.78, 5) is 64.1. The molecular formula is C33H35FN4O6. The lowest BCUT2D eigenvalue weighted by Crippen LogP contribution is -2.54. The van der Waals surface area contributed by atoms with Crippen LogP contribution in [0.1, 0.15) is 47.2 Å². The Labute approximate surface area is 254 Å². The zero-order valence-corrected chi connectivity index (χ0v) is 24.2. The Bertz CT molecular complexity index is 1460. The summed E-state index contributed by atoms with van der Waals surface area (Å²) in [5, 5.41) is 5.56. The van der Waals surface area contributed by atoms with Crippen LogP contribution in [0, 0.1) is 5.82 Å². The van der Waals surface area contributed by atoms with Gasteiger partial charge in [-0.1, -0.05) is 42.5 Å². The van der Waals surface area contributed by atoms with Gasteiger partial charge < -0.3 is 26.0 Å². The summed E-state index contributed by atoms with van der Waals surface area (Å²) in [7, 11) is 0. The van der Waals surface area contributed by atoms with Gasteiger partial charge in [-0.2, -0.15) is 0 Å². The molecule has 44 heavy (non-hydrogen) atoms. The van der Waals surface area contributed by atoms with E-state index in [9.17, 15) is 28.4 Å². The molecule has 1 aliphatic rings. The quantitative estimate of drug-likeness (QED) is 0.202. The number of nitrogens with zero attached hydrogens (tertiary/aromatic N) is 1. The van der Waals surface area contributed by atoms with Crippen molar-refractivity contribution in [2.45, 2.75) is 50.6 Å². The predicted octanol–water partition coefficient (Wildman–Crippen LogP) is 2.69. The molecule has 1 saturated heterocycles. The highest BCUT2D eigenvalue weighted by Gasteiger charge is 2.37. The van der Waals surface area contributed by atoms with Crippen LogP contribution in [-0.2, 0) is 32.0 Å². The summed E-state index contributed by atoms with van der Waals surface area (Å²) >= 11 is 0. The SMILES string of the molecule is NC(=O)CCC(=O)N[C@@H](Cc1ccc(F)cc1)C(=O)N1CCC[C@H]1C(=O)NCCc1ccc(OC(=O)c2ccccc2)cc1. The lowest BCUT2D eigenvalue weighted by Gasteiger charge is -2.29. The van der Waals surface area contributed by atoms with E-state index in [4.69, 9.17) is 10.5 Å². The first kappa shape index (κ1) is 31.9. The molecule has 4 N–H and O–H groups in total. The zero-order chi connectivity index (χ0) is 31.5. The van der Waals surface area contributed by atoms with Crippen LogP contribution in [0.2, 0.25) is 0 Å². The third-order valence-corrected chi connectivity index (χ3v) is 7.28. The second-order valence-electron chi connectivity index (χ2n) is 10.5. The summed E-state index contributed by atoms with van der Waals surface area (Å²) in [6.07, 6.45) is 1.34. The number of rotatable bonds is 13. The maximum Gasteiger partial charge on any atom is 0.343 e. The molecule has 0 bridgehead atoms. The number of likely N-dealkylation sites (tertiary alicyclic amines) is 1. The number of hydrogen-bond acceptors (Lipinski definition) is 6. The van der Waals surface area contributed by atoms with Gasteiger partial charge in [0, 0.05) is 32.4 Å². The van der Waals surface area contributed by atoms with Crippen molar-refractivity contribution < 1.29 is 33.1 Å². The molecule has 2 atom stereocenters. The average molecular weight is 603 g/mol. The molecule has 1 aliphatic heterocycles. The molecule has 10 nitrogen and oxygen atoms in total. The Kier molecular flexibility index (Phi) is 11.2. The molecule has 0 spiro atoms. The zero-order valence-electron chi connectivity index (χ0n) is 24.2. The first-order valence-electron chi connectivity index (χ1n) is 14.5. The molecule has 3 aromatic carbocycles. The van der Waals surface area contributed by atoms with Crippen molar-refractivity contribution in [1.82, 2.24) is 15.5 Å². The molecule has 230 valence electrons. The van der Waals surface area contributed by atoms with E-state index < -0.39 is 41.6 Å². The molecule has 4 amide bonds. The topological polar surface area (TPSA) is 148 Å². The molecule has 0 radical (unpaired) electrons. The first-order valence-corrected chi connectivity index (χ1v) is 14.5. The summed E-state index contributed by atoms with van der Waals surface area (Å²) in [5.74, 6) is -2.37. The van der Waals surface area contributed by atoms with Crippen LogP contribution in [0.3, 0.4) is 0 Å². The van der Waals surface area contributed by atoms with Crippen molar-refractivity contribution in [3.05, 3.63) is 101 Å². The monoisotopic (exact) mass is 602 g/mol. The van der Waals surface area contributed by atoms with Crippen molar-refractivity contribution in [3.8, 4) is 5.75 Å². The molecule has 1 fully saturated rings. The van der Waals surface area contributed by atoms with Crippen LogP contribution in [0.25, 0.3) is 0 Å². The number of halogens is 1. The number of esters is 1. The molecule has 0 aromatic heterocycles. The van der Waals surface area contributed by atoms with Gasteiger partial charge >= 0.3 is 5.97 Å². The highest BCUT2D eigenvalue weighted by molar-refractivity contribution is 5.93. The van der Waals surface area contributed by atoms with Crippen molar-refractivity contribution in [1.29, 1.82) is 0 Å².